The fourth-order valence-corrected chi connectivity index (χ4v) is 4.71. The molecule has 0 aliphatic carbocycles. The van der Waals surface area contributed by atoms with E-state index in [1.165, 1.54) is 16.9 Å². The van der Waals surface area contributed by atoms with Crippen LogP contribution in [0.5, 0.6) is 0 Å². The number of carbonyl (C=O) groups is 2. The lowest BCUT2D eigenvalue weighted by molar-refractivity contribution is -0.122. The first kappa shape index (κ1) is 23.1. The summed E-state index contributed by atoms with van der Waals surface area (Å²) in [6.07, 6.45) is 3.74. The summed E-state index contributed by atoms with van der Waals surface area (Å²) in [6.45, 7) is 2.96. The van der Waals surface area contributed by atoms with Gasteiger partial charge in [0.05, 0.1) is 0 Å². The van der Waals surface area contributed by atoms with Crippen LogP contribution in [0, 0.1) is 0 Å². The Labute approximate surface area is 198 Å². The summed E-state index contributed by atoms with van der Waals surface area (Å²) >= 11 is 1.28. The topological polar surface area (TPSA) is 87.2 Å². The van der Waals surface area contributed by atoms with Crippen molar-refractivity contribution < 1.29 is 9.59 Å². The zero-order chi connectivity index (χ0) is 22.9. The molecule has 33 heavy (non-hydrogen) atoms. The monoisotopic (exact) mass is 463 g/mol. The first-order valence-electron chi connectivity index (χ1n) is 11.4. The zero-order valence-electron chi connectivity index (χ0n) is 18.6. The van der Waals surface area contributed by atoms with Crippen LogP contribution in [0.4, 0.5) is 5.69 Å². The lowest BCUT2D eigenvalue weighted by Gasteiger charge is -2.32. The number of nitrogens with zero attached hydrogens (tertiary/aromatic N) is 3. The molecule has 2 aromatic carbocycles. The van der Waals surface area contributed by atoms with E-state index in [1.54, 1.807) is 0 Å². The molecule has 0 saturated carbocycles. The minimum absolute atomic E-state index is 0.0862. The number of amides is 2. The molecule has 2 N–H and O–H groups in total. The highest BCUT2D eigenvalue weighted by Gasteiger charge is 2.20. The van der Waals surface area contributed by atoms with Crippen molar-refractivity contribution in [2.75, 3.05) is 18.4 Å². The maximum atomic E-state index is 12.4. The van der Waals surface area contributed by atoms with Crippen molar-refractivity contribution in [3.63, 3.8) is 0 Å². The summed E-state index contributed by atoms with van der Waals surface area (Å²) < 4.78 is 0. The fourth-order valence-electron chi connectivity index (χ4n) is 3.93. The number of benzene rings is 2. The van der Waals surface area contributed by atoms with Crippen LogP contribution in [0.2, 0.25) is 0 Å². The number of para-hydroxylation sites is 1. The van der Waals surface area contributed by atoms with Gasteiger partial charge in [-0.2, -0.15) is 0 Å². The van der Waals surface area contributed by atoms with Crippen molar-refractivity contribution in [1.82, 2.24) is 20.4 Å². The first-order chi connectivity index (χ1) is 16.2. The molecule has 1 aromatic heterocycles. The van der Waals surface area contributed by atoms with Crippen LogP contribution in [0.3, 0.4) is 0 Å². The highest BCUT2D eigenvalue weighted by molar-refractivity contribution is 7.13. The van der Waals surface area contributed by atoms with Crippen molar-refractivity contribution in [3.05, 3.63) is 76.2 Å². The minimum Gasteiger partial charge on any atom is -0.353 e. The van der Waals surface area contributed by atoms with Crippen LogP contribution >= 0.6 is 11.3 Å². The first-order valence-corrected chi connectivity index (χ1v) is 12.2. The second-order valence-corrected chi connectivity index (χ2v) is 9.34. The third-order valence-electron chi connectivity index (χ3n) is 5.69. The molecule has 7 nitrogen and oxygen atoms in total. The van der Waals surface area contributed by atoms with Crippen LogP contribution in [-0.4, -0.2) is 46.0 Å². The van der Waals surface area contributed by atoms with Crippen molar-refractivity contribution in [1.29, 1.82) is 0 Å². The molecule has 4 rings (SSSR count). The van der Waals surface area contributed by atoms with E-state index in [4.69, 9.17) is 0 Å². The summed E-state index contributed by atoms with van der Waals surface area (Å²) in [5, 5.41) is 15.2. The van der Waals surface area contributed by atoms with E-state index in [-0.39, 0.29) is 17.9 Å². The summed E-state index contributed by atoms with van der Waals surface area (Å²) in [6, 6.07) is 20.0. The zero-order valence-corrected chi connectivity index (χ0v) is 19.4. The molecule has 0 radical (unpaired) electrons. The molecule has 3 aromatic rings. The summed E-state index contributed by atoms with van der Waals surface area (Å²) in [4.78, 5) is 27.1. The molecule has 0 unspecified atom stereocenters. The maximum Gasteiger partial charge on any atom is 0.286 e. The van der Waals surface area contributed by atoms with Gasteiger partial charge in [0.25, 0.3) is 5.91 Å². The van der Waals surface area contributed by atoms with E-state index in [9.17, 15) is 9.59 Å². The molecule has 0 spiro atoms. The molecule has 2 heterocycles. The lowest BCUT2D eigenvalue weighted by atomic mass is 10.0. The van der Waals surface area contributed by atoms with Gasteiger partial charge in [-0.3, -0.25) is 14.5 Å². The van der Waals surface area contributed by atoms with Gasteiger partial charge in [-0.25, -0.2) is 0 Å². The van der Waals surface area contributed by atoms with E-state index < -0.39 is 0 Å². The number of anilines is 1. The highest BCUT2D eigenvalue weighted by Crippen LogP contribution is 2.16. The Balaban J connectivity index is 1.13. The number of rotatable bonds is 9. The quantitative estimate of drug-likeness (QED) is 0.503. The van der Waals surface area contributed by atoms with E-state index in [0.29, 0.717) is 24.3 Å². The number of carbonyl (C=O) groups excluding carboxylic acids is 2. The SMILES string of the molecule is O=C(CCCc1nnc(C(=O)Nc2ccccc2)s1)NC1CCN(Cc2ccccc2)CC1. The summed E-state index contributed by atoms with van der Waals surface area (Å²) in [7, 11) is 0. The molecule has 1 saturated heterocycles. The van der Waals surface area contributed by atoms with Crippen molar-refractivity contribution in [2.24, 2.45) is 0 Å². The largest absolute Gasteiger partial charge is 0.353 e. The van der Waals surface area contributed by atoms with Gasteiger partial charge in [0.1, 0.15) is 5.01 Å². The second-order valence-electron chi connectivity index (χ2n) is 8.28. The lowest BCUT2D eigenvalue weighted by Crippen LogP contribution is -2.44. The van der Waals surface area contributed by atoms with Gasteiger partial charge >= 0.3 is 0 Å². The molecule has 0 bridgehead atoms. The van der Waals surface area contributed by atoms with Crippen molar-refractivity contribution >= 4 is 28.8 Å². The highest BCUT2D eigenvalue weighted by atomic mass is 32.1. The number of piperidine rings is 1. The van der Waals surface area contributed by atoms with Gasteiger partial charge in [0, 0.05) is 44.2 Å². The van der Waals surface area contributed by atoms with E-state index >= 15 is 0 Å². The number of hydrogen-bond donors (Lipinski definition) is 2. The number of likely N-dealkylation sites (tertiary alicyclic amines) is 1. The average Bonchev–Trinajstić information content (AvgIpc) is 3.31. The molecule has 1 aliphatic rings. The molecule has 1 fully saturated rings. The van der Waals surface area contributed by atoms with E-state index in [1.807, 2.05) is 36.4 Å². The number of aryl methyl sites for hydroxylation is 1. The molecule has 0 atom stereocenters. The number of hydrogen-bond acceptors (Lipinski definition) is 6. The Hall–Kier alpha value is -3.10. The third-order valence-corrected chi connectivity index (χ3v) is 6.67. The summed E-state index contributed by atoms with van der Waals surface area (Å²) in [5.74, 6) is -0.177. The molecular weight excluding hydrogens is 434 g/mol. The number of aromatic nitrogens is 2. The van der Waals surface area contributed by atoms with Gasteiger partial charge in [0.15, 0.2) is 0 Å². The van der Waals surface area contributed by atoms with Gasteiger partial charge in [-0.1, -0.05) is 59.9 Å². The standard InChI is InChI=1S/C25H29N5O2S/c31-22(26-21-14-16-30(17-15-21)18-19-8-3-1-4-9-19)12-7-13-23-28-29-25(33-23)24(32)27-20-10-5-2-6-11-20/h1-6,8-11,21H,7,12-18H2,(H,26,31)(H,27,32). The van der Waals surface area contributed by atoms with E-state index in [2.05, 4.69) is 50.0 Å². The Bertz CT molecular complexity index is 1030. The Kier molecular flexibility index (Phi) is 8.16. The molecule has 8 heteroatoms. The van der Waals surface area contributed by atoms with Gasteiger partial charge < -0.3 is 10.6 Å². The normalized spacial score (nSPS) is 14.7. The molecule has 2 amide bonds. The van der Waals surface area contributed by atoms with Gasteiger partial charge in [0.2, 0.25) is 10.9 Å². The predicted octanol–water partition coefficient (Wildman–Crippen LogP) is 3.89. The second kappa shape index (κ2) is 11.7. The maximum absolute atomic E-state index is 12.4. The smallest absolute Gasteiger partial charge is 0.286 e. The Morgan fingerprint density at radius 2 is 1.67 bits per heavy atom. The molecular formula is C25H29N5O2S. The van der Waals surface area contributed by atoms with Crippen LogP contribution < -0.4 is 10.6 Å². The van der Waals surface area contributed by atoms with Crippen molar-refractivity contribution in [2.45, 2.75) is 44.7 Å². The van der Waals surface area contributed by atoms with Crippen LogP contribution in [0.1, 0.15) is 46.1 Å². The van der Waals surface area contributed by atoms with Crippen LogP contribution in [0.15, 0.2) is 60.7 Å². The van der Waals surface area contributed by atoms with Crippen molar-refractivity contribution in [3.8, 4) is 0 Å². The van der Waals surface area contributed by atoms with Crippen LogP contribution in [0.25, 0.3) is 0 Å². The third kappa shape index (κ3) is 7.20. The Morgan fingerprint density at radius 3 is 2.39 bits per heavy atom. The molecule has 1 aliphatic heterocycles. The van der Waals surface area contributed by atoms with Gasteiger partial charge in [-0.15, -0.1) is 10.2 Å². The van der Waals surface area contributed by atoms with Crippen LogP contribution in [-0.2, 0) is 17.8 Å². The predicted molar refractivity (Wildman–Crippen MR) is 130 cm³/mol. The summed E-state index contributed by atoms with van der Waals surface area (Å²) in [5.41, 5.74) is 2.05. The van der Waals surface area contributed by atoms with Gasteiger partial charge in [-0.05, 0) is 37.0 Å². The fraction of sp³-hybridized carbons (Fsp3) is 0.360. The minimum atomic E-state index is -0.263. The average molecular weight is 464 g/mol. The molecule has 172 valence electrons. The van der Waals surface area contributed by atoms with E-state index in [0.717, 1.165) is 43.2 Å². The number of nitrogens with one attached hydrogen (secondary N) is 2. The Morgan fingerprint density at radius 1 is 0.970 bits per heavy atom.